The van der Waals surface area contributed by atoms with E-state index in [0.717, 1.165) is 39.1 Å². The number of nitrogens with zero attached hydrogens (tertiary/aromatic N) is 1. The van der Waals surface area contributed by atoms with Crippen LogP contribution in [-0.4, -0.2) is 44.3 Å². The van der Waals surface area contributed by atoms with Crippen LogP contribution in [0.4, 0.5) is 0 Å². The van der Waals surface area contributed by atoms with Crippen molar-refractivity contribution >= 4 is 0 Å². The van der Waals surface area contributed by atoms with Crippen LogP contribution in [0.1, 0.15) is 26.7 Å². The number of piperidine rings is 1. The van der Waals surface area contributed by atoms with Crippen LogP contribution in [0.3, 0.4) is 0 Å². The highest BCUT2D eigenvalue weighted by molar-refractivity contribution is 4.89. The molecule has 1 saturated heterocycles. The van der Waals surface area contributed by atoms with Gasteiger partial charge in [-0.05, 0) is 24.8 Å². The van der Waals surface area contributed by atoms with Crippen LogP contribution < -0.4 is 5.73 Å². The highest BCUT2D eigenvalue weighted by Gasteiger charge is 2.32. The fraction of sp³-hybridized carbons (Fsp3) is 1.00. The monoisotopic (exact) mass is 200 g/mol. The van der Waals surface area contributed by atoms with Crippen molar-refractivity contribution in [2.45, 2.75) is 32.7 Å². The summed E-state index contributed by atoms with van der Waals surface area (Å²) in [7, 11) is 1.76. The first-order chi connectivity index (χ1) is 6.56. The third-order valence-electron chi connectivity index (χ3n) is 3.21. The number of nitrogens with two attached hydrogens (primary N) is 1. The summed E-state index contributed by atoms with van der Waals surface area (Å²) in [6, 6.07) is 0.362. The van der Waals surface area contributed by atoms with Crippen molar-refractivity contribution in [1.29, 1.82) is 0 Å². The van der Waals surface area contributed by atoms with E-state index in [0.29, 0.717) is 6.04 Å². The lowest BCUT2D eigenvalue weighted by Crippen LogP contribution is -2.52. The average molecular weight is 200 g/mol. The second-order valence-corrected chi connectivity index (χ2v) is 5.01. The molecule has 0 bridgehead atoms. The molecule has 0 saturated carbocycles. The van der Waals surface area contributed by atoms with E-state index in [9.17, 15) is 0 Å². The van der Waals surface area contributed by atoms with Gasteiger partial charge in [-0.25, -0.2) is 0 Å². The van der Waals surface area contributed by atoms with Crippen LogP contribution in [0, 0.1) is 5.41 Å². The SMILES string of the molecule is COCCCN1CCC(N)C(C)(C)C1. The van der Waals surface area contributed by atoms with Crippen LogP contribution in [0.25, 0.3) is 0 Å². The topological polar surface area (TPSA) is 38.5 Å². The molecule has 1 rings (SSSR count). The van der Waals surface area contributed by atoms with E-state index in [-0.39, 0.29) is 5.41 Å². The van der Waals surface area contributed by atoms with Gasteiger partial charge in [0.1, 0.15) is 0 Å². The summed E-state index contributed by atoms with van der Waals surface area (Å²) in [5.74, 6) is 0. The van der Waals surface area contributed by atoms with E-state index in [2.05, 4.69) is 18.7 Å². The van der Waals surface area contributed by atoms with Gasteiger partial charge >= 0.3 is 0 Å². The molecule has 1 aliphatic heterocycles. The maximum absolute atomic E-state index is 6.08. The molecule has 0 aromatic heterocycles. The summed E-state index contributed by atoms with van der Waals surface area (Å²) in [6.45, 7) is 8.81. The Labute approximate surface area is 87.6 Å². The summed E-state index contributed by atoms with van der Waals surface area (Å²) in [6.07, 6.45) is 2.25. The second-order valence-electron chi connectivity index (χ2n) is 5.01. The van der Waals surface area contributed by atoms with Crippen molar-refractivity contribution in [1.82, 2.24) is 4.90 Å². The van der Waals surface area contributed by atoms with Gasteiger partial charge < -0.3 is 15.4 Å². The third kappa shape index (κ3) is 3.23. The van der Waals surface area contributed by atoms with Gasteiger partial charge in [-0.15, -0.1) is 0 Å². The molecule has 1 fully saturated rings. The van der Waals surface area contributed by atoms with Gasteiger partial charge in [0.05, 0.1) is 0 Å². The summed E-state index contributed by atoms with van der Waals surface area (Å²) in [5, 5.41) is 0. The molecule has 0 radical (unpaired) electrons. The molecule has 1 atom stereocenters. The van der Waals surface area contributed by atoms with Crippen LogP contribution in [-0.2, 0) is 4.74 Å². The highest BCUT2D eigenvalue weighted by atomic mass is 16.5. The van der Waals surface area contributed by atoms with Crippen LogP contribution in [0.5, 0.6) is 0 Å². The maximum atomic E-state index is 6.08. The Morgan fingerprint density at radius 2 is 2.21 bits per heavy atom. The molecular formula is C11H24N2O. The Morgan fingerprint density at radius 1 is 1.50 bits per heavy atom. The Kier molecular flexibility index (Phi) is 4.35. The van der Waals surface area contributed by atoms with Crippen molar-refractivity contribution in [3.63, 3.8) is 0 Å². The summed E-state index contributed by atoms with van der Waals surface area (Å²) >= 11 is 0. The Balaban J connectivity index is 2.29. The molecule has 3 heteroatoms. The standard InChI is InChI=1S/C11H24N2O/c1-11(2)9-13(6-4-8-14-3)7-5-10(11)12/h10H,4-9,12H2,1-3H3. The van der Waals surface area contributed by atoms with Gasteiger partial charge in [-0.1, -0.05) is 13.8 Å². The van der Waals surface area contributed by atoms with Gasteiger partial charge in [0.2, 0.25) is 0 Å². The predicted octanol–water partition coefficient (Wildman–Crippen LogP) is 1.08. The summed E-state index contributed by atoms with van der Waals surface area (Å²) < 4.78 is 5.05. The first kappa shape index (κ1) is 12.0. The van der Waals surface area contributed by atoms with Gasteiger partial charge in [0, 0.05) is 32.8 Å². The fourth-order valence-electron chi connectivity index (χ4n) is 2.11. The van der Waals surface area contributed by atoms with Gasteiger partial charge in [-0.2, -0.15) is 0 Å². The molecule has 84 valence electrons. The van der Waals surface area contributed by atoms with Crippen LogP contribution in [0.15, 0.2) is 0 Å². The average Bonchev–Trinajstić information content (AvgIpc) is 2.11. The molecule has 1 aliphatic rings. The molecule has 0 aromatic carbocycles. The lowest BCUT2D eigenvalue weighted by atomic mass is 9.80. The molecule has 14 heavy (non-hydrogen) atoms. The minimum Gasteiger partial charge on any atom is -0.385 e. The number of likely N-dealkylation sites (tertiary alicyclic amines) is 1. The minimum atomic E-state index is 0.269. The third-order valence-corrected chi connectivity index (χ3v) is 3.21. The molecule has 0 aliphatic carbocycles. The molecular weight excluding hydrogens is 176 g/mol. The molecule has 0 spiro atoms. The van der Waals surface area contributed by atoms with E-state index in [1.807, 2.05) is 0 Å². The molecule has 0 amide bonds. The lowest BCUT2D eigenvalue weighted by molar-refractivity contribution is 0.0852. The predicted molar refractivity (Wildman–Crippen MR) is 59.3 cm³/mol. The molecule has 2 N–H and O–H groups in total. The number of methoxy groups -OCH3 is 1. The Bertz CT molecular complexity index is 171. The van der Waals surface area contributed by atoms with Crippen LogP contribution in [0.2, 0.25) is 0 Å². The van der Waals surface area contributed by atoms with Crippen LogP contribution >= 0.6 is 0 Å². The number of rotatable bonds is 4. The van der Waals surface area contributed by atoms with E-state index >= 15 is 0 Å². The van der Waals surface area contributed by atoms with E-state index < -0.39 is 0 Å². The van der Waals surface area contributed by atoms with Crippen molar-refractivity contribution in [3.05, 3.63) is 0 Å². The molecule has 0 aromatic rings. The Morgan fingerprint density at radius 3 is 2.79 bits per heavy atom. The maximum Gasteiger partial charge on any atom is 0.0474 e. The normalized spacial score (nSPS) is 27.9. The van der Waals surface area contributed by atoms with E-state index in [4.69, 9.17) is 10.5 Å². The number of hydrogen-bond acceptors (Lipinski definition) is 3. The molecule has 3 nitrogen and oxygen atoms in total. The van der Waals surface area contributed by atoms with Gasteiger partial charge in [-0.3, -0.25) is 0 Å². The fourth-order valence-corrected chi connectivity index (χ4v) is 2.11. The zero-order chi connectivity index (χ0) is 10.6. The van der Waals surface area contributed by atoms with Gasteiger partial charge in [0.25, 0.3) is 0 Å². The minimum absolute atomic E-state index is 0.269. The summed E-state index contributed by atoms with van der Waals surface area (Å²) in [5.41, 5.74) is 6.35. The van der Waals surface area contributed by atoms with E-state index in [1.54, 1.807) is 7.11 Å². The quantitative estimate of drug-likeness (QED) is 0.690. The zero-order valence-corrected chi connectivity index (χ0v) is 9.75. The lowest BCUT2D eigenvalue weighted by Gasteiger charge is -2.42. The van der Waals surface area contributed by atoms with E-state index in [1.165, 1.54) is 0 Å². The van der Waals surface area contributed by atoms with Gasteiger partial charge in [0.15, 0.2) is 0 Å². The zero-order valence-electron chi connectivity index (χ0n) is 9.75. The van der Waals surface area contributed by atoms with Crippen molar-refractivity contribution in [2.24, 2.45) is 11.1 Å². The van der Waals surface area contributed by atoms with Crippen molar-refractivity contribution in [2.75, 3.05) is 33.4 Å². The highest BCUT2D eigenvalue weighted by Crippen LogP contribution is 2.27. The smallest absolute Gasteiger partial charge is 0.0474 e. The van der Waals surface area contributed by atoms with Crippen molar-refractivity contribution in [3.8, 4) is 0 Å². The molecule has 1 heterocycles. The second kappa shape index (κ2) is 5.10. The summed E-state index contributed by atoms with van der Waals surface area (Å²) in [4.78, 5) is 2.50. The first-order valence-corrected chi connectivity index (χ1v) is 5.53. The van der Waals surface area contributed by atoms with Crippen molar-refractivity contribution < 1.29 is 4.74 Å². The first-order valence-electron chi connectivity index (χ1n) is 5.53. The number of ether oxygens (including phenoxy) is 1. The largest absolute Gasteiger partial charge is 0.385 e. The Hall–Kier alpha value is -0.120. The molecule has 1 unspecified atom stereocenters. The number of hydrogen-bond donors (Lipinski definition) is 1.